The number of amides is 2. The number of carbonyl (C=O) groups is 2. The second-order valence-corrected chi connectivity index (χ2v) is 7.42. The van der Waals surface area contributed by atoms with Gasteiger partial charge in [0.1, 0.15) is 0 Å². The monoisotopic (exact) mass is 399 g/mol. The summed E-state index contributed by atoms with van der Waals surface area (Å²) in [5.74, 6) is 0.0787. The largest absolute Gasteiger partial charge is 0.368 e. The Bertz CT molecular complexity index is 815. The van der Waals surface area contributed by atoms with Gasteiger partial charge in [0, 0.05) is 54.6 Å². The number of benzene rings is 2. The first-order valence-corrected chi connectivity index (χ1v) is 10.1. The number of unbranched alkanes of at least 4 members (excludes halogenated alkanes) is 1. The molecule has 28 heavy (non-hydrogen) atoms. The van der Waals surface area contributed by atoms with Gasteiger partial charge in [-0.05, 0) is 48.9 Å². The molecule has 0 saturated carbocycles. The first-order valence-electron chi connectivity index (χ1n) is 9.76. The predicted molar refractivity (Wildman–Crippen MR) is 114 cm³/mol. The average molecular weight is 400 g/mol. The van der Waals surface area contributed by atoms with Gasteiger partial charge in [0.25, 0.3) is 5.91 Å². The van der Waals surface area contributed by atoms with Crippen molar-refractivity contribution in [3.63, 3.8) is 0 Å². The summed E-state index contributed by atoms with van der Waals surface area (Å²) in [5.41, 5.74) is 2.36. The van der Waals surface area contributed by atoms with E-state index in [1.807, 2.05) is 29.2 Å². The van der Waals surface area contributed by atoms with Crippen molar-refractivity contribution in [3.8, 4) is 0 Å². The van der Waals surface area contributed by atoms with Crippen LogP contribution >= 0.6 is 11.6 Å². The van der Waals surface area contributed by atoms with Crippen LogP contribution in [0.3, 0.4) is 0 Å². The van der Waals surface area contributed by atoms with E-state index in [2.05, 4.69) is 17.1 Å². The van der Waals surface area contributed by atoms with Crippen molar-refractivity contribution >= 4 is 34.8 Å². The number of hydrogen-bond donors (Lipinski definition) is 1. The number of anilines is 2. The van der Waals surface area contributed by atoms with Gasteiger partial charge in [0.05, 0.1) is 0 Å². The highest BCUT2D eigenvalue weighted by atomic mass is 35.5. The summed E-state index contributed by atoms with van der Waals surface area (Å²) in [4.78, 5) is 28.7. The first-order chi connectivity index (χ1) is 13.6. The summed E-state index contributed by atoms with van der Waals surface area (Å²) in [6, 6.07) is 14.7. The van der Waals surface area contributed by atoms with E-state index in [1.165, 1.54) is 0 Å². The van der Waals surface area contributed by atoms with Crippen molar-refractivity contribution < 1.29 is 9.59 Å². The van der Waals surface area contributed by atoms with Crippen molar-refractivity contribution in [2.75, 3.05) is 36.4 Å². The van der Waals surface area contributed by atoms with Crippen LogP contribution in [0.25, 0.3) is 0 Å². The minimum Gasteiger partial charge on any atom is -0.368 e. The zero-order valence-corrected chi connectivity index (χ0v) is 16.9. The molecule has 5 nitrogen and oxygen atoms in total. The third-order valence-corrected chi connectivity index (χ3v) is 5.19. The van der Waals surface area contributed by atoms with Crippen molar-refractivity contribution in [1.29, 1.82) is 0 Å². The highest BCUT2D eigenvalue weighted by Crippen LogP contribution is 2.21. The zero-order chi connectivity index (χ0) is 19.9. The lowest BCUT2D eigenvalue weighted by atomic mass is 10.2. The number of rotatable bonds is 6. The van der Waals surface area contributed by atoms with Gasteiger partial charge < -0.3 is 15.1 Å². The standard InChI is InChI=1S/C22H26ClN3O2/c1-2-3-7-21(27)26-14-12-25(13-15-26)20-10-8-19(9-11-20)24-22(28)17-5-4-6-18(23)16-17/h4-6,8-11,16H,2-3,7,12-15H2,1H3,(H,24,28). The van der Waals surface area contributed by atoms with Crippen LogP contribution in [0.1, 0.15) is 36.5 Å². The fraction of sp³-hybridized carbons (Fsp3) is 0.364. The first kappa shape index (κ1) is 20.2. The smallest absolute Gasteiger partial charge is 0.255 e. The van der Waals surface area contributed by atoms with E-state index >= 15 is 0 Å². The molecule has 0 bridgehead atoms. The van der Waals surface area contributed by atoms with Crippen LogP contribution in [-0.2, 0) is 4.79 Å². The van der Waals surface area contributed by atoms with Crippen LogP contribution in [0, 0.1) is 0 Å². The molecule has 3 rings (SSSR count). The maximum absolute atomic E-state index is 12.3. The zero-order valence-electron chi connectivity index (χ0n) is 16.2. The van der Waals surface area contributed by atoms with Gasteiger partial charge in [-0.2, -0.15) is 0 Å². The Balaban J connectivity index is 1.53. The minimum absolute atomic E-state index is 0.186. The second-order valence-electron chi connectivity index (χ2n) is 6.98. The number of nitrogens with one attached hydrogen (secondary N) is 1. The van der Waals surface area contributed by atoms with Crippen LogP contribution in [0.15, 0.2) is 48.5 Å². The Kier molecular flexibility index (Phi) is 6.93. The number of carbonyl (C=O) groups excluding carboxylic acids is 2. The molecule has 148 valence electrons. The lowest BCUT2D eigenvalue weighted by molar-refractivity contribution is -0.131. The van der Waals surface area contributed by atoms with Crippen molar-refractivity contribution in [1.82, 2.24) is 4.90 Å². The molecule has 2 aromatic rings. The lowest BCUT2D eigenvalue weighted by Crippen LogP contribution is -2.48. The van der Waals surface area contributed by atoms with Gasteiger partial charge in [0.2, 0.25) is 5.91 Å². The van der Waals surface area contributed by atoms with Crippen LogP contribution in [-0.4, -0.2) is 42.9 Å². The Morgan fingerprint density at radius 1 is 1.04 bits per heavy atom. The number of hydrogen-bond acceptors (Lipinski definition) is 3. The third kappa shape index (κ3) is 5.26. The molecule has 6 heteroatoms. The third-order valence-electron chi connectivity index (χ3n) is 4.95. The topological polar surface area (TPSA) is 52.7 Å². The Labute approximate surface area is 171 Å². The molecule has 2 amide bonds. The molecular formula is C22H26ClN3O2. The molecule has 1 aliphatic heterocycles. The van der Waals surface area contributed by atoms with Gasteiger partial charge in [0.15, 0.2) is 0 Å². The molecule has 1 fully saturated rings. The molecule has 0 aliphatic carbocycles. The molecule has 1 aliphatic rings. The van der Waals surface area contributed by atoms with E-state index < -0.39 is 0 Å². The molecule has 1 heterocycles. The Morgan fingerprint density at radius 3 is 2.39 bits per heavy atom. The number of halogens is 1. The van der Waals surface area contributed by atoms with E-state index in [0.717, 1.165) is 50.4 Å². The molecule has 0 radical (unpaired) electrons. The fourth-order valence-corrected chi connectivity index (χ4v) is 3.48. The normalized spacial score (nSPS) is 14.1. The van der Waals surface area contributed by atoms with Gasteiger partial charge >= 0.3 is 0 Å². The van der Waals surface area contributed by atoms with Gasteiger partial charge in [-0.3, -0.25) is 9.59 Å². The van der Waals surface area contributed by atoms with E-state index in [1.54, 1.807) is 24.3 Å². The summed E-state index contributed by atoms with van der Waals surface area (Å²) in [6.45, 7) is 5.27. The van der Waals surface area contributed by atoms with Gasteiger partial charge in [-0.15, -0.1) is 0 Å². The summed E-state index contributed by atoms with van der Waals surface area (Å²) in [7, 11) is 0. The van der Waals surface area contributed by atoms with E-state index in [4.69, 9.17) is 11.6 Å². The van der Waals surface area contributed by atoms with Crippen LogP contribution in [0.4, 0.5) is 11.4 Å². The molecular weight excluding hydrogens is 374 g/mol. The maximum atomic E-state index is 12.3. The second kappa shape index (κ2) is 9.60. The maximum Gasteiger partial charge on any atom is 0.255 e. The lowest BCUT2D eigenvalue weighted by Gasteiger charge is -2.36. The number of nitrogens with zero attached hydrogens (tertiary/aromatic N) is 2. The summed E-state index contributed by atoms with van der Waals surface area (Å²) >= 11 is 5.94. The predicted octanol–water partition coefficient (Wildman–Crippen LogP) is 4.43. The molecule has 0 aromatic heterocycles. The Morgan fingerprint density at radius 2 is 1.75 bits per heavy atom. The van der Waals surface area contributed by atoms with Gasteiger partial charge in [-0.1, -0.05) is 31.0 Å². The summed E-state index contributed by atoms with van der Waals surface area (Å²) < 4.78 is 0. The van der Waals surface area contributed by atoms with Crippen LogP contribution in [0.5, 0.6) is 0 Å². The van der Waals surface area contributed by atoms with E-state index in [0.29, 0.717) is 17.0 Å². The number of piperazine rings is 1. The minimum atomic E-state index is -0.186. The fourth-order valence-electron chi connectivity index (χ4n) is 3.29. The molecule has 1 N–H and O–H groups in total. The van der Waals surface area contributed by atoms with Crippen molar-refractivity contribution in [2.24, 2.45) is 0 Å². The summed E-state index contributed by atoms with van der Waals surface area (Å²) in [5, 5.41) is 3.43. The molecule has 0 unspecified atom stereocenters. The summed E-state index contributed by atoms with van der Waals surface area (Å²) in [6.07, 6.45) is 2.66. The van der Waals surface area contributed by atoms with E-state index in [9.17, 15) is 9.59 Å². The quantitative estimate of drug-likeness (QED) is 0.781. The molecule has 2 aromatic carbocycles. The average Bonchev–Trinajstić information content (AvgIpc) is 2.72. The molecule has 1 saturated heterocycles. The van der Waals surface area contributed by atoms with Crippen LogP contribution in [0.2, 0.25) is 5.02 Å². The van der Waals surface area contributed by atoms with Crippen molar-refractivity contribution in [2.45, 2.75) is 26.2 Å². The van der Waals surface area contributed by atoms with Gasteiger partial charge in [-0.25, -0.2) is 0 Å². The Hall–Kier alpha value is -2.53. The molecule has 0 spiro atoms. The SMILES string of the molecule is CCCCC(=O)N1CCN(c2ccc(NC(=O)c3cccc(Cl)c3)cc2)CC1. The highest BCUT2D eigenvalue weighted by molar-refractivity contribution is 6.31. The van der Waals surface area contributed by atoms with Crippen LogP contribution < -0.4 is 10.2 Å². The van der Waals surface area contributed by atoms with E-state index in [-0.39, 0.29) is 11.8 Å². The molecule has 0 atom stereocenters. The highest BCUT2D eigenvalue weighted by Gasteiger charge is 2.20. The van der Waals surface area contributed by atoms with Crippen molar-refractivity contribution in [3.05, 3.63) is 59.1 Å².